The van der Waals surface area contributed by atoms with E-state index in [-0.39, 0.29) is 30.3 Å². The summed E-state index contributed by atoms with van der Waals surface area (Å²) in [5.74, 6) is -1.63. The van der Waals surface area contributed by atoms with E-state index in [1.807, 2.05) is 0 Å². The maximum absolute atomic E-state index is 13.3. The Hall–Kier alpha value is -3.22. The average Bonchev–Trinajstić information content (AvgIpc) is 2.86. The summed E-state index contributed by atoms with van der Waals surface area (Å²) in [4.78, 5) is 24.3. The van der Waals surface area contributed by atoms with Gasteiger partial charge in [0.05, 0.1) is 32.3 Å². The summed E-state index contributed by atoms with van der Waals surface area (Å²) in [6.45, 7) is 0.283. The van der Waals surface area contributed by atoms with E-state index in [2.05, 4.69) is 10.6 Å². The van der Waals surface area contributed by atoms with E-state index >= 15 is 0 Å². The van der Waals surface area contributed by atoms with E-state index < -0.39 is 33.9 Å². The van der Waals surface area contributed by atoms with Crippen LogP contribution in [0.3, 0.4) is 0 Å². The Kier molecular flexibility index (Phi) is 8.42. The molecule has 1 aliphatic heterocycles. The summed E-state index contributed by atoms with van der Waals surface area (Å²) in [7, 11) is -1.15. The quantitative estimate of drug-likeness (QED) is 0.524. The van der Waals surface area contributed by atoms with Gasteiger partial charge in [0, 0.05) is 19.2 Å². The number of methoxy groups -OCH3 is 2. The van der Waals surface area contributed by atoms with Crippen LogP contribution in [-0.4, -0.2) is 64.7 Å². The van der Waals surface area contributed by atoms with Gasteiger partial charge in [0.1, 0.15) is 12.0 Å². The van der Waals surface area contributed by atoms with Gasteiger partial charge in [-0.2, -0.15) is 4.31 Å². The van der Waals surface area contributed by atoms with Gasteiger partial charge in [-0.15, -0.1) is 0 Å². The van der Waals surface area contributed by atoms with Gasteiger partial charge in [-0.3, -0.25) is 9.59 Å². The molecule has 2 N–H and O–H groups in total. The molecule has 1 heterocycles. The Labute approximate surface area is 197 Å². The van der Waals surface area contributed by atoms with Gasteiger partial charge in [-0.25, -0.2) is 12.8 Å². The number of hydrogen-bond acceptors (Lipinski definition) is 7. The molecular formula is C22H26FN3O7S. The summed E-state index contributed by atoms with van der Waals surface area (Å²) >= 11 is 0. The highest BCUT2D eigenvalue weighted by Gasteiger charge is 2.35. The lowest BCUT2D eigenvalue weighted by molar-refractivity contribution is -0.140. The number of carbonyl (C=O) groups excluding carboxylic acids is 2. The van der Waals surface area contributed by atoms with Crippen molar-refractivity contribution in [2.24, 2.45) is 0 Å². The molecule has 3 rings (SSSR count). The van der Waals surface area contributed by atoms with Crippen molar-refractivity contribution in [2.45, 2.75) is 24.1 Å². The molecule has 0 bridgehead atoms. The van der Waals surface area contributed by atoms with Gasteiger partial charge in [-0.1, -0.05) is 12.1 Å². The Balaban J connectivity index is 1.63. The van der Waals surface area contributed by atoms with Crippen LogP contribution >= 0.6 is 0 Å². The number of nitrogens with zero attached hydrogens (tertiary/aromatic N) is 1. The molecule has 10 nitrogen and oxygen atoms in total. The highest BCUT2D eigenvalue weighted by atomic mass is 32.2. The number of ether oxygens (including phenoxy) is 3. The molecule has 2 amide bonds. The van der Waals surface area contributed by atoms with Gasteiger partial charge in [0.25, 0.3) is 0 Å². The number of rotatable bonds is 8. The van der Waals surface area contributed by atoms with Gasteiger partial charge >= 0.3 is 11.8 Å². The highest BCUT2D eigenvalue weighted by Crippen LogP contribution is 2.31. The Morgan fingerprint density at radius 2 is 1.74 bits per heavy atom. The normalized spacial score (nSPS) is 16.5. The molecule has 0 spiro atoms. The van der Waals surface area contributed by atoms with Crippen molar-refractivity contribution in [3.05, 3.63) is 53.8 Å². The molecule has 0 aromatic heterocycles. The van der Waals surface area contributed by atoms with Crippen molar-refractivity contribution in [3.63, 3.8) is 0 Å². The minimum absolute atomic E-state index is 0.0241. The standard InChI is InChI=1S/C22H26FN3O7S/c1-31-18-9-8-17(12-19(18)32-2)34(29,30)26-10-3-11-33-20(26)14-25-22(28)21(27)24-13-15-4-6-16(23)7-5-15/h4-9,12,20H,3,10-11,13-14H2,1-2H3,(H,24,27)(H,25,28)/t20-/m1/s1. The van der Waals surface area contributed by atoms with Crippen molar-refractivity contribution < 1.29 is 36.6 Å². The van der Waals surface area contributed by atoms with Gasteiger partial charge in [0.2, 0.25) is 10.0 Å². The van der Waals surface area contributed by atoms with Crippen molar-refractivity contribution in [1.29, 1.82) is 0 Å². The smallest absolute Gasteiger partial charge is 0.309 e. The van der Waals surface area contributed by atoms with Crippen LogP contribution in [0, 0.1) is 5.82 Å². The summed E-state index contributed by atoms with van der Waals surface area (Å²) in [6.07, 6.45) is -0.532. The fourth-order valence-electron chi connectivity index (χ4n) is 3.34. The Morgan fingerprint density at radius 1 is 1.06 bits per heavy atom. The highest BCUT2D eigenvalue weighted by molar-refractivity contribution is 7.89. The van der Waals surface area contributed by atoms with Gasteiger partial charge in [-0.05, 0) is 36.2 Å². The van der Waals surface area contributed by atoms with Crippen molar-refractivity contribution in [2.75, 3.05) is 33.9 Å². The summed E-state index contributed by atoms with van der Waals surface area (Å²) in [5.41, 5.74) is 0.616. The topological polar surface area (TPSA) is 123 Å². The van der Waals surface area contributed by atoms with E-state index in [1.54, 1.807) is 0 Å². The molecule has 1 saturated heterocycles. The summed E-state index contributed by atoms with van der Waals surface area (Å²) in [6, 6.07) is 9.69. The number of amides is 2. The molecule has 2 aromatic rings. The largest absolute Gasteiger partial charge is 0.493 e. The SMILES string of the molecule is COc1ccc(S(=O)(=O)N2CCCO[C@@H]2CNC(=O)C(=O)NCc2ccc(F)cc2)cc1OC. The van der Waals surface area contributed by atoms with E-state index in [0.29, 0.717) is 24.3 Å². The molecule has 0 aliphatic carbocycles. The van der Waals surface area contributed by atoms with E-state index in [4.69, 9.17) is 14.2 Å². The summed E-state index contributed by atoms with van der Waals surface area (Å²) in [5, 5.41) is 4.83. The second-order valence-corrected chi connectivity index (χ2v) is 9.22. The lowest BCUT2D eigenvalue weighted by atomic mass is 10.2. The first kappa shape index (κ1) is 25.4. The van der Waals surface area contributed by atoms with Crippen LogP contribution in [0.15, 0.2) is 47.4 Å². The lowest BCUT2D eigenvalue weighted by Crippen LogP contribution is -2.53. The molecular weight excluding hydrogens is 469 g/mol. The van der Waals surface area contributed by atoms with Crippen molar-refractivity contribution in [3.8, 4) is 11.5 Å². The number of sulfonamides is 1. The molecule has 34 heavy (non-hydrogen) atoms. The lowest BCUT2D eigenvalue weighted by Gasteiger charge is -2.34. The van der Waals surface area contributed by atoms with Gasteiger partial charge in [0.15, 0.2) is 11.5 Å². The predicted molar refractivity (Wildman–Crippen MR) is 119 cm³/mol. The molecule has 2 aromatic carbocycles. The number of nitrogens with one attached hydrogen (secondary N) is 2. The monoisotopic (exact) mass is 495 g/mol. The molecule has 0 saturated carbocycles. The first-order valence-corrected chi connectivity index (χ1v) is 11.9. The number of benzene rings is 2. The minimum Gasteiger partial charge on any atom is -0.493 e. The third-order valence-corrected chi connectivity index (χ3v) is 7.01. The maximum atomic E-state index is 13.3. The molecule has 184 valence electrons. The van der Waals surface area contributed by atoms with Crippen LogP contribution in [0.2, 0.25) is 0 Å². The fraction of sp³-hybridized carbons (Fsp3) is 0.364. The van der Waals surface area contributed by atoms with Crippen LogP contribution in [0.5, 0.6) is 11.5 Å². The van der Waals surface area contributed by atoms with Crippen LogP contribution in [-0.2, 0) is 30.9 Å². The predicted octanol–water partition coefficient (Wildman–Crippen LogP) is 1.01. The molecule has 1 fully saturated rings. The third kappa shape index (κ3) is 6.01. The Morgan fingerprint density at radius 3 is 2.41 bits per heavy atom. The third-order valence-electron chi connectivity index (χ3n) is 5.13. The van der Waals surface area contributed by atoms with Crippen LogP contribution in [0.25, 0.3) is 0 Å². The minimum atomic E-state index is -4.00. The zero-order valence-electron chi connectivity index (χ0n) is 18.7. The van der Waals surface area contributed by atoms with E-state index in [0.717, 1.165) is 4.31 Å². The Bertz CT molecular complexity index is 1130. The average molecular weight is 496 g/mol. The van der Waals surface area contributed by atoms with Gasteiger partial charge < -0.3 is 24.8 Å². The zero-order valence-corrected chi connectivity index (χ0v) is 19.6. The molecule has 12 heteroatoms. The van der Waals surface area contributed by atoms with Crippen LogP contribution in [0.4, 0.5) is 4.39 Å². The first-order chi connectivity index (χ1) is 16.3. The van der Waals surface area contributed by atoms with Crippen LogP contribution < -0.4 is 20.1 Å². The fourth-order valence-corrected chi connectivity index (χ4v) is 4.92. The second kappa shape index (κ2) is 11.3. The van der Waals surface area contributed by atoms with Crippen molar-refractivity contribution >= 4 is 21.8 Å². The zero-order chi connectivity index (χ0) is 24.7. The summed E-state index contributed by atoms with van der Waals surface area (Å²) < 4.78 is 56.5. The first-order valence-electron chi connectivity index (χ1n) is 10.4. The number of hydrogen-bond donors (Lipinski definition) is 2. The number of halogens is 1. The molecule has 1 aliphatic rings. The second-order valence-electron chi connectivity index (χ2n) is 7.33. The van der Waals surface area contributed by atoms with E-state index in [9.17, 15) is 22.4 Å². The molecule has 1 atom stereocenters. The van der Waals surface area contributed by atoms with E-state index in [1.165, 1.54) is 56.7 Å². The number of carbonyl (C=O) groups is 2. The molecule has 0 radical (unpaired) electrons. The maximum Gasteiger partial charge on any atom is 0.309 e. The van der Waals surface area contributed by atoms with Crippen molar-refractivity contribution in [1.82, 2.24) is 14.9 Å². The van der Waals surface area contributed by atoms with Crippen LogP contribution in [0.1, 0.15) is 12.0 Å². The molecule has 0 unspecified atom stereocenters.